The van der Waals surface area contributed by atoms with Crippen LogP contribution in [0.15, 0.2) is 6.07 Å². The standard InChI is InChI=1S/C12H21N3O3S/c1-6-18-11-7-10(14-9(2)15-11)13-8-12(3,4)19(5,16)17/h7H,6,8H2,1-5H3,(H,13,14,15). The molecule has 1 N–H and O–H groups in total. The summed E-state index contributed by atoms with van der Waals surface area (Å²) in [5.41, 5.74) is 0. The van der Waals surface area contributed by atoms with E-state index in [1.54, 1.807) is 26.8 Å². The summed E-state index contributed by atoms with van der Waals surface area (Å²) in [7, 11) is -3.14. The van der Waals surface area contributed by atoms with Gasteiger partial charge in [-0.2, -0.15) is 4.98 Å². The van der Waals surface area contributed by atoms with Crippen molar-refractivity contribution < 1.29 is 13.2 Å². The van der Waals surface area contributed by atoms with E-state index >= 15 is 0 Å². The highest BCUT2D eigenvalue weighted by Gasteiger charge is 2.30. The van der Waals surface area contributed by atoms with E-state index in [2.05, 4.69) is 15.3 Å². The molecular formula is C12H21N3O3S. The van der Waals surface area contributed by atoms with E-state index < -0.39 is 14.6 Å². The Balaban J connectivity index is 2.83. The van der Waals surface area contributed by atoms with Gasteiger partial charge in [-0.1, -0.05) is 0 Å². The average Bonchev–Trinajstić information content (AvgIpc) is 2.25. The minimum Gasteiger partial charge on any atom is -0.478 e. The molecule has 0 fully saturated rings. The molecule has 0 unspecified atom stereocenters. The minimum atomic E-state index is -3.14. The van der Waals surface area contributed by atoms with Crippen LogP contribution in [0.25, 0.3) is 0 Å². The number of nitrogens with one attached hydrogen (secondary N) is 1. The molecule has 1 rings (SSSR count). The van der Waals surface area contributed by atoms with Crippen molar-refractivity contribution in [3.63, 3.8) is 0 Å². The van der Waals surface area contributed by atoms with Gasteiger partial charge in [0.15, 0.2) is 9.84 Å². The number of sulfone groups is 1. The quantitative estimate of drug-likeness (QED) is 0.852. The van der Waals surface area contributed by atoms with Crippen molar-refractivity contribution in [2.45, 2.75) is 32.4 Å². The lowest BCUT2D eigenvalue weighted by Gasteiger charge is -2.23. The van der Waals surface area contributed by atoms with Crippen LogP contribution >= 0.6 is 0 Å². The van der Waals surface area contributed by atoms with Crippen LogP contribution in [-0.4, -0.2) is 42.5 Å². The van der Waals surface area contributed by atoms with Gasteiger partial charge in [0.2, 0.25) is 5.88 Å². The minimum absolute atomic E-state index is 0.272. The molecule has 0 saturated carbocycles. The molecule has 0 aromatic carbocycles. The molecule has 7 heteroatoms. The van der Waals surface area contributed by atoms with Crippen LogP contribution in [0.2, 0.25) is 0 Å². The van der Waals surface area contributed by atoms with E-state index in [9.17, 15) is 8.42 Å². The monoisotopic (exact) mass is 287 g/mol. The topological polar surface area (TPSA) is 81.2 Å². The third kappa shape index (κ3) is 4.34. The molecule has 0 radical (unpaired) electrons. The Kier molecular flexibility index (Phi) is 4.73. The van der Waals surface area contributed by atoms with Gasteiger partial charge in [0, 0.05) is 18.9 Å². The Labute approximate surface area is 114 Å². The molecule has 1 aromatic rings. The molecule has 1 heterocycles. The van der Waals surface area contributed by atoms with Crippen LogP contribution in [-0.2, 0) is 9.84 Å². The van der Waals surface area contributed by atoms with Crippen LogP contribution in [0, 0.1) is 6.92 Å². The molecule has 0 atom stereocenters. The van der Waals surface area contributed by atoms with Gasteiger partial charge < -0.3 is 10.1 Å². The molecule has 0 bridgehead atoms. The summed E-state index contributed by atoms with van der Waals surface area (Å²) < 4.78 is 27.7. The normalized spacial score (nSPS) is 12.3. The summed E-state index contributed by atoms with van der Waals surface area (Å²) in [6, 6.07) is 1.66. The van der Waals surface area contributed by atoms with Crippen LogP contribution in [0.5, 0.6) is 5.88 Å². The third-order valence-corrected chi connectivity index (χ3v) is 4.96. The highest BCUT2D eigenvalue weighted by Crippen LogP contribution is 2.18. The maximum atomic E-state index is 11.6. The fourth-order valence-corrected chi connectivity index (χ4v) is 1.62. The van der Waals surface area contributed by atoms with Gasteiger partial charge in [-0.25, -0.2) is 13.4 Å². The van der Waals surface area contributed by atoms with Crippen molar-refractivity contribution in [3.05, 3.63) is 11.9 Å². The van der Waals surface area contributed by atoms with Crippen LogP contribution < -0.4 is 10.1 Å². The number of nitrogens with zero attached hydrogens (tertiary/aromatic N) is 2. The third-order valence-electron chi connectivity index (χ3n) is 2.81. The first-order valence-electron chi connectivity index (χ1n) is 6.07. The Morgan fingerprint density at radius 1 is 1.37 bits per heavy atom. The molecule has 108 valence electrons. The van der Waals surface area contributed by atoms with Crippen molar-refractivity contribution >= 4 is 15.7 Å². The first kappa shape index (κ1) is 15.7. The second kappa shape index (κ2) is 5.73. The SMILES string of the molecule is CCOc1cc(NCC(C)(C)S(C)(=O)=O)nc(C)n1. The van der Waals surface area contributed by atoms with Crippen LogP contribution in [0.1, 0.15) is 26.6 Å². The zero-order valence-corrected chi connectivity index (χ0v) is 12.8. The van der Waals surface area contributed by atoms with Crippen LogP contribution in [0.3, 0.4) is 0 Å². The van der Waals surface area contributed by atoms with Gasteiger partial charge in [-0.3, -0.25) is 0 Å². The molecular weight excluding hydrogens is 266 g/mol. The lowest BCUT2D eigenvalue weighted by Crippen LogP contribution is -2.38. The van der Waals surface area contributed by atoms with Crippen molar-refractivity contribution in [1.82, 2.24) is 9.97 Å². The number of hydrogen-bond acceptors (Lipinski definition) is 6. The summed E-state index contributed by atoms with van der Waals surface area (Å²) in [4.78, 5) is 8.33. The summed E-state index contributed by atoms with van der Waals surface area (Å²) >= 11 is 0. The summed E-state index contributed by atoms with van der Waals surface area (Å²) in [6.07, 6.45) is 1.23. The van der Waals surface area contributed by atoms with Crippen molar-refractivity contribution in [1.29, 1.82) is 0 Å². The fourth-order valence-electron chi connectivity index (χ4n) is 1.29. The number of aromatic nitrogens is 2. The lowest BCUT2D eigenvalue weighted by molar-refractivity contribution is 0.325. The number of anilines is 1. The maximum absolute atomic E-state index is 11.6. The van der Waals surface area contributed by atoms with Crippen molar-refractivity contribution in [2.24, 2.45) is 0 Å². The lowest BCUT2D eigenvalue weighted by atomic mass is 10.2. The number of rotatable bonds is 6. The molecule has 0 aliphatic carbocycles. The first-order chi connectivity index (χ1) is 8.65. The van der Waals surface area contributed by atoms with Gasteiger partial charge >= 0.3 is 0 Å². The molecule has 0 aliphatic heterocycles. The molecule has 0 aliphatic rings. The average molecular weight is 287 g/mol. The molecule has 0 spiro atoms. The zero-order valence-electron chi connectivity index (χ0n) is 12.0. The van der Waals surface area contributed by atoms with Crippen molar-refractivity contribution in [3.8, 4) is 5.88 Å². The summed E-state index contributed by atoms with van der Waals surface area (Å²) in [6.45, 7) is 7.77. The predicted molar refractivity (Wildman–Crippen MR) is 75.4 cm³/mol. The predicted octanol–water partition coefficient (Wildman–Crippen LogP) is 1.42. The van der Waals surface area contributed by atoms with E-state index in [1.807, 2.05) is 6.92 Å². The van der Waals surface area contributed by atoms with Crippen LogP contribution in [0.4, 0.5) is 5.82 Å². The maximum Gasteiger partial charge on any atom is 0.218 e. The smallest absolute Gasteiger partial charge is 0.218 e. The van der Waals surface area contributed by atoms with Crippen molar-refractivity contribution in [2.75, 3.05) is 24.7 Å². The fraction of sp³-hybridized carbons (Fsp3) is 0.667. The van der Waals surface area contributed by atoms with Gasteiger partial charge in [0.25, 0.3) is 0 Å². The number of ether oxygens (including phenoxy) is 1. The molecule has 1 aromatic heterocycles. The molecule has 6 nitrogen and oxygen atoms in total. The molecule has 19 heavy (non-hydrogen) atoms. The van der Waals surface area contributed by atoms with Gasteiger partial charge in [-0.05, 0) is 27.7 Å². The summed E-state index contributed by atoms with van der Waals surface area (Å²) in [5, 5.41) is 3.02. The van der Waals surface area contributed by atoms with E-state index in [0.717, 1.165) is 0 Å². The van der Waals surface area contributed by atoms with Gasteiger partial charge in [0.05, 0.1) is 11.4 Å². The molecule has 0 amide bonds. The Hall–Kier alpha value is -1.37. The zero-order chi connectivity index (χ0) is 14.7. The first-order valence-corrected chi connectivity index (χ1v) is 7.97. The second-order valence-corrected chi connectivity index (χ2v) is 7.61. The second-order valence-electron chi connectivity index (χ2n) is 4.96. The highest BCUT2D eigenvalue weighted by atomic mass is 32.2. The number of hydrogen-bond donors (Lipinski definition) is 1. The van der Waals surface area contributed by atoms with Gasteiger partial charge in [0.1, 0.15) is 11.6 Å². The number of aryl methyl sites for hydroxylation is 1. The van der Waals surface area contributed by atoms with E-state index in [4.69, 9.17) is 4.74 Å². The highest BCUT2D eigenvalue weighted by molar-refractivity contribution is 7.92. The Bertz CT molecular complexity index is 541. The van der Waals surface area contributed by atoms with E-state index in [1.165, 1.54) is 6.26 Å². The van der Waals surface area contributed by atoms with Gasteiger partial charge in [-0.15, -0.1) is 0 Å². The Morgan fingerprint density at radius 3 is 2.53 bits per heavy atom. The summed E-state index contributed by atoms with van der Waals surface area (Å²) in [5.74, 6) is 1.62. The largest absolute Gasteiger partial charge is 0.478 e. The Morgan fingerprint density at radius 2 is 2.00 bits per heavy atom. The van der Waals surface area contributed by atoms with E-state index in [-0.39, 0.29) is 6.54 Å². The molecule has 0 saturated heterocycles. The van der Waals surface area contributed by atoms with E-state index in [0.29, 0.717) is 24.1 Å².